The highest BCUT2D eigenvalue weighted by atomic mass is 32.2. The van der Waals surface area contributed by atoms with Crippen molar-refractivity contribution in [2.24, 2.45) is 0 Å². The van der Waals surface area contributed by atoms with Crippen LogP contribution in [0.5, 0.6) is 0 Å². The molecule has 0 radical (unpaired) electrons. The number of amides is 1. The van der Waals surface area contributed by atoms with E-state index in [0.29, 0.717) is 4.21 Å². The second-order valence-electron chi connectivity index (χ2n) is 6.41. The number of sulfonamides is 1. The molecule has 0 bridgehead atoms. The quantitative estimate of drug-likeness (QED) is 0.840. The molecule has 2 atom stereocenters. The molecule has 0 fully saturated rings. The van der Waals surface area contributed by atoms with Crippen molar-refractivity contribution < 1.29 is 13.2 Å². The summed E-state index contributed by atoms with van der Waals surface area (Å²) in [6.45, 7) is 3.29. The van der Waals surface area contributed by atoms with Gasteiger partial charge in [-0.05, 0) is 49.4 Å². The summed E-state index contributed by atoms with van der Waals surface area (Å²) in [5.41, 5.74) is 2.52. The average molecular weight is 379 g/mol. The lowest BCUT2D eigenvalue weighted by molar-refractivity contribution is -0.119. The van der Waals surface area contributed by atoms with Crippen molar-refractivity contribution in [2.75, 3.05) is 0 Å². The molecule has 0 spiro atoms. The van der Waals surface area contributed by atoms with Crippen molar-refractivity contribution in [3.05, 3.63) is 52.4 Å². The SMILES string of the molecule is CC(=O)N[C@H](C)c1ccc(S(=O)(=O)N[C@H]2CCc3ccccc3C2)s1. The number of hydrogen-bond acceptors (Lipinski definition) is 4. The monoisotopic (exact) mass is 378 g/mol. The average Bonchev–Trinajstić information content (AvgIpc) is 3.05. The third-order valence-electron chi connectivity index (χ3n) is 4.38. The molecule has 3 rings (SSSR count). The van der Waals surface area contributed by atoms with Crippen LogP contribution in [-0.2, 0) is 27.7 Å². The molecule has 2 aromatic rings. The van der Waals surface area contributed by atoms with Crippen molar-refractivity contribution in [3.8, 4) is 0 Å². The fourth-order valence-electron chi connectivity index (χ4n) is 3.16. The zero-order valence-electron chi connectivity index (χ0n) is 14.3. The van der Waals surface area contributed by atoms with Crippen LogP contribution in [0.3, 0.4) is 0 Å². The molecule has 2 N–H and O–H groups in total. The maximum atomic E-state index is 12.7. The van der Waals surface area contributed by atoms with E-state index in [1.807, 2.05) is 19.1 Å². The van der Waals surface area contributed by atoms with E-state index in [9.17, 15) is 13.2 Å². The molecule has 5 nitrogen and oxygen atoms in total. The van der Waals surface area contributed by atoms with Crippen LogP contribution < -0.4 is 10.0 Å². The summed E-state index contributed by atoms with van der Waals surface area (Å²) >= 11 is 1.20. The molecule has 1 heterocycles. The molecular formula is C18H22N2O3S2. The van der Waals surface area contributed by atoms with Gasteiger partial charge in [0.25, 0.3) is 0 Å². The summed E-state index contributed by atoms with van der Waals surface area (Å²) in [5, 5.41) is 2.77. The Kier molecular flexibility index (Phi) is 5.27. The van der Waals surface area contributed by atoms with E-state index in [1.54, 1.807) is 12.1 Å². The third-order valence-corrected chi connectivity index (χ3v) is 7.66. The van der Waals surface area contributed by atoms with Gasteiger partial charge in [-0.3, -0.25) is 4.79 Å². The van der Waals surface area contributed by atoms with Gasteiger partial charge >= 0.3 is 0 Å². The summed E-state index contributed by atoms with van der Waals surface area (Å²) < 4.78 is 28.5. The van der Waals surface area contributed by atoms with Crippen molar-refractivity contribution in [3.63, 3.8) is 0 Å². The van der Waals surface area contributed by atoms with Gasteiger partial charge in [0.1, 0.15) is 4.21 Å². The number of benzene rings is 1. The Labute approximate surface area is 152 Å². The van der Waals surface area contributed by atoms with E-state index in [2.05, 4.69) is 22.2 Å². The number of fused-ring (bicyclic) bond motifs is 1. The van der Waals surface area contributed by atoms with Crippen LogP contribution in [0, 0.1) is 0 Å². The highest BCUT2D eigenvalue weighted by molar-refractivity contribution is 7.91. The number of thiophene rings is 1. The molecule has 0 saturated heterocycles. The van der Waals surface area contributed by atoms with Crippen LogP contribution in [0.25, 0.3) is 0 Å². The van der Waals surface area contributed by atoms with Gasteiger partial charge < -0.3 is 5.32 Å². The van der Waals surface area contributed by atoms with Crippen LogP contribution in [0.1, 0.15) is 42.3 Å². The maximum absolute atomic E-state index is 12.7. The number of nitrogens with one attached hydrogen (secondary N) is 2. The summed E-state index contributed by atoms with van der Waals surface area (Å²) in [4.78, 5) is 12.0. The van der Waals surface area contributed by atoms with Crippen molar-refractivity contribution in [1.29, 1.82) is 0 Å². The maximum Gasteiger partial charge on any atom is 0.250 e. The predicted octanol–water partition coefficient (Wildman–Crippen LogP) is 2.78. The fraction of sp³-hybridized carbons (Fsp3) is 0.389. The predicted molar refractivity (Wildman–Crippen MR) is 99.1 cm³/mol. The Hall–Kier alpha value is -1.70. The molecule has 1 aliphatic carbocycles. The minimum atomic E-state index is -3.55. The summed E-state index contributed by atoms with van der Waals surface area (Å²) in [5.74, 6) is -0.135. The molecule has 25 heavy (non-hydrogen) atoms. The van der Waals surface area contributed by atoms with Gasteiger partial charge in [-0.2, -0.15) is 0 Å². The molecule has 1 aliphatic rings. The lowest BCUT2D eigenvalue weighted by Crippen LogP contribution is -2.38. The van der Waals surface area contributed by atoms with E-state index >= 15 is 0 Å². The number of carbonyl (C=O) groups excluding carboxylic acids is 1. The Morgan fingerprint density at radius 1 is 1.20 bits per heavy atom. The van der Waals surface area contributed by atoms with E-state index in [-0.39, 0.29) is 18.0 Å². The largest absolute Gasteiger partial charge is 0.349 e. The number of carbonyl (C=O) groups is 1. The van der Waals surface area contributed by atoms with E-state index < -0.39 is 10.0 Å². The first-order chi connectivity index (χ1) is 11.8. The van der Waals surface area contributed by atoms with E-state index in [4.69, 9.17) is 0 Å². The molecule has 1 aromatic heterocycles. The summed E-state index contributed by atoms with van der Waals surface area (Å²) in [6.07, 6.45) is 2.41. The Morgan fingerprint density at radius 2 is 1.92 bits per heavy atom. The van der Waals surface area contributed by atoms with Crippen LogP contribution in [0.4, 0.5) is 0 Å². The van der Waals surface area contributed by atoms with Gasteiger partial charge in [0.15, 0.2) is 0 Å². The van der Waals surface area contributed by atoms with E-state index in [0.717, 1.165) is 24.1 Å². The van der Waals surface area contributed by atoms with Gasteiger partial charge in [-0.15, -0.1) is 11.3 Å². The van der Waals surface area contributed by atoms with Crippen molar-refractivity contribution >= 4 is 27.3 Å². The molecule has 1 aromatic carbocycles. The second-order valence-corrected chi connectivity index (χ2v) is 9.46. The topological polar surface area (TPSA) is 75.3 Å². The second kappa shape index (κ2) is 7.27. The van der Waals surface area contributed by atoms with E-state index in [1.165, 1.54) is 29.4 Å². The first-order valence-corrected chi connectivity index (χ1v) is 10.6. The molecule has 0 aliphatic heterocycles. The zero-order chi connectivity index (χ0) is 18.0. The Morgan fingerprint density at radius 3 is 2.64 bits per heavy atom. The number of hydrogen-bond donors (Lipinski definition) is 2. The summed E-state index contributed by atoms with van der Waals surface area (Å²) in [7, 11) is -3.55. The lowest BCUT2D eigenvalue weighted by Gasteiger charge is -2.25. The van der Waals surface area contributed by atoms with Gasteiger partial charge in [-0.1, -0.05) is 24.3 Å². The van der Waals surface area contributed by atoms with Gasteiger partial charge in [-0.25, -0.2) is 13.1 Å². The van der Waals surface area contributed by atoms with Crippen LogP contribution in [0.2, 0.25) is 0 Å². The van der Waals surface area contributed by atoms with Gasteiger partial charge in [0, 0.05) is 17.8 Å². The molecule has 7 heteroatoms. The highest BCUT2D eigenvalue weighted by Gasteiger charge is 2.25. The third kappa shape index (κ3) is 4.29. The first kappa shape index (κ1) is 18.1. The molecular weight excluding hydrogens is 356 g/mol. The van der Waals surface area contributed by atoms with Crippen molar-refractivity contribution in [2.45, 2.75) is 49.4 Å². The fourth-order valence-corrected chi connectivity index (χ4v) is 5.78. The molecule has 134 valence electrons. The molecule has 0 saturated carbocycles. The minimum Gasteiger partial charge on any atom is -0.349 e. The molecule has 0 unspecified atom stereocenters. The Bertz CT molecular complexity index is 874. The first-order valence-electron chi connectivity index (χ1n) is 8.31. The van der Waals surface area contributed by atoms with Crippen molar-refractivity contribution in [1.82, 2.24) is 10.0 Å². The smallest absolute Gasteiger partial charge is 0.250 e. The standard InChI is InChI=1S/C18H22N2O3S2/c1-12(19-13(2)21)17-9-10-18(24-17)25(22,23)20-16-8-7-14-5-3-4-6-15(14)11-16/h3-6,9-10,12,16,20H,7-8,11H2,1-2H3,(H,19,21)/t12-,16+/m1/s1. The number of rotatable bonds is 5. The van der Waals surface area contributed by atoms with Crippen LogP contribution >= 0.6 is 11.3 Å². The van der Waals surface area contributed by atoms with Gasteiger partial charge in [0.05, 0.1) is 6.04 Å². The number of aryl methyl sites for hydroxylation is 1. The minimum absolute atomic E-state index is 0.0850. The van der Waals surface area contributed by atoms with Crippen LogP contribution in [-0.4, -0.2) is 20.4 Å². The summed E-state index contributed by atoms with van der Waals surface area (Å²) in [6, 6.07) is 11.3. The zero-order valence-corrected chi connectivity index (χ0v) is 15.9. The molecule has 1 amide bonds. The Balaban J connectivity index is 1.71. The van der Waals surface area contributed by atoms with Gasteiger partial charge in [0.2, 0.25) is 15.9 Å². The lowest BCUT2D eigenvalue weighted by atomic mass is 9.89. The van der Waals surface area contributed by atoms with Crippen LogP contribution in [0.15, 0.2) is 40.6 Å². The normalized spacial score (nSPS) is 18.4. The highest BCUT2D eigenvalue weighted by Crippen LogP contribution is 2.28.